The highest BCUT2D eigenvalue weighted by molar-refractivity contribution is 6.36. The van der Waals surface area contributed by atoms with Crippen LogP contribution in [-0.4, -0.2) is 41.4 Å². The summed E-state index contributed by atoms with van der Waals surface area (Å²) in [7, 11) is 6.07. The number of fused-ring (bicyclic) bond motifs is 2. The van der Waals surface area contributed by atoms with Gasteiger partial charge in [-0.1, -0.05) is 54.1 Å². The minimum absolute atomic E-state index is 0.00206. The van der Waals surface area contributed by atoms with E-state index in [0.29, 0.717) is 34.9 Å². The van der Waals surface area contributed by atoms with E-state index in [1.165, 1.54) is 11.1 Å². The Morgan fingerprint density at radius 2 is 1.81 bits per heavy atom. The molecule has 158 valence electrons. The van der Waals surface area contributed by atoms with Crippen molar-refractivity contribution in [1.82, 2.24) is 19.9 Å². The Morgan fingerprint density at radius 1 is 1.09 bits per heavy atom. The molecular formula is C24H21BClN5O. The van der Waals surface area contributed by atoms with E-state index in [1.54, 1.807) is 10.7 Å². The van der Waals surface area contributed by atoms with Gasteiger partial charge in [0.15, 0.2) is 5.65 Å². The number of nitrogens with zero attached hydrogens (tertiary/aromatic N) is 3. The van der Waals surface area contributed by atoms with Crippen LogP contribution in [0.25, 0.3) is 16.9 Å². The summed E-state index contributed by atoms with van der Waals surface area (Å²) < 4.78 is 1.66. The van der Waals surface area contributed by atoms with Crippen molar-refractivity contribution in [2.24, 2.45) is 5.92 Å². The number of carbonyl (C=O) groups is 1. The molecule has 5 rings (SSSR count). The standard InChI is InChI=1S/C24H21BClN5O/c25-19-14-29-31-22(13-21(30-23(19)31)18-7-3-4-8-20(18)26)27-9-10-28-24(32)17-11-15-5-1-2-6-16(15)12-17/h1-8,13-14,17,27H,9-12H2,(H,28,32). The maximum atomic E-state index is 12.6. The van der Waals surface area contributed by atoms with Gasteiger partial charge >= 0.3 is 0 Å². The van der Waals surface area contributed by atoms with E-state index in [9.17, 15) is 4.79 Å². The molecule has 0 aliphatic heterocycles. The molecule has 2 aromatic heterocycles. The maximum Gasteiger partial charge on any atom is 0.223 e. The van der Waals surface area contributed by atoms with Gasteiger partial charge in [0.1, 0.15) is 13.7 Å². The predicted molar refractivity (Wildman–Crippen MR) is 128 cm³/mol. The second-order valence-electron chi connectivity index (χ2n) is 7.93. The zero-order valence-electron chi connectivity index (χ0n) is 17.4. The van der Waals surface area contributed by atoms with Gasteiger partial charge in [-0.15, -0.1) is 0 Å². The number of amides is 1. The molecule has 0 spiro atoms. The molecule has 6 nitrogen and oxygen atoms in total. The Labute approximate surface area is 192 Å². The number of hydrogen-bond donors (Lipinski definition) is 2. The van der Waals surface area contributed by atoms with Crippen LogP contribution in [-0.2, 0) is 17.6 Å². The number of aromatic nitrogens is 3. The summed E-state index contributed by atoms with van der Waals surface area (Å²) in [6, 6.07) is 17.7. The molecule has 0 bridgehead atoms. The Balaban J connectivity index is 1.26. The molecule has 2 aromatic carbocycles. The lowest BCUT2D eigenvalue weighted by atomic mass is 10.0. The van der Waals surface area contributed by atoms with E-state index >= 15 is 0 Å². The van der Waals surface area contributed by atoms with Gasteiger partial charge in [0.05, 0.1) is 5.69 Å². The summed E-state index contributed by atoms with van der Waals surface area (Å²) in [5, 5.41) is 11.3. The largest absolute Gasteiger partial charge is 0.368 e. The molecule has 8 heteroatoms. The van der Waals surface area contributed by atoms with Crippen LogP contribution in [0.4, 0.5) is 5.82 Å². The molecule has 32 heavy (non-hydrogen) atoms. The Bertz CT molecular complexity index is 1280. The molecule has 1 aliphatic carbocycles. The average molecular weight is 442 g/mol. The van der Waals surface area contributed by atoms with Gasteiger partial charge in [0, 0.05) is 41.9 Å². The van der Waals surface area contributed by atoms with Crippen molar-refractivity contribution < 1.29 is 4.79 Å². The topological polar surface area (TPSA) is 71.3 Å². The molecule has 2 N–H and O–H groups in total. The van der Waals surface area contributed by atoms with Crippen molar-refractivity contribution in [3.8, 4) is 11.3 Å². The van der Waals surface area contributed by atoms with Crippen LogP contribution in [0.2, 0.25) is 5.02 Å². The van der Waals surface area contributed by atoms with Gasteiger partial charge in [-0.05, 0) is 35.5 Å². The molecule has 1 amide bonds. The van der Waals surface area contributed by atoms with E-state index < -0.39 is 0 Å². The van der Waals surface area contributed by atoms with Gasteiger partial charge in [-0.2, -0.15) is 9.61 Å². The molecule has 0 fully saturated rings. The van der Waals surface area contributed by atoms with E-state index in [-0.39, 0.29) is 11.8 Å². The lowest BCUT2D eigenvalue weighted by Gasteiger charge is -2.13. The number of anilines is 1. The molecule has 2 heterocycles. The molecule has 0 unspecified atom stereocenters. The highest BCUT2D eigenvalue weighted by Gasteiger charge is 2.26. The van der Waals surface area contributed by atoms with Crippen LogP contribution >= 0.6 is 11.6 Å². The first-order valence-corrected chi connectivity index (χ1v) is 11.0. The van der Waals surface area contributed by atoms with Gasteiger partial charge in [0.25, 0.3) is 0 Å². The number of halogens is 1. The lowest BCUT2D eigenvalue weighted by Crippen LogP contribution is -2.34. The fraction of sp³-hybridized carbons (Fsp3) is 0.208. The van der Waals surface area contributed by atoms with Crippen molar-refractivity contribution in [2.75, 3.05) is 18.4 Å². The third-order valence-electron chi connectivity index (χ3n) is 5.80. The van der Waals surface area contributed by atoms with E-state index in [2.05, 4.69) is 32.8 Å². The summed E-state index contributed by atoms with van der Waals surface area (Å²) in [6.07, 6.45) is 3.17. The van der Waals surface area contributed by atoms with Crippen molar-refractivity contribution in [3.63, 3.8) is 0 Å². The first-order chi connectivity index (χ1) is 15.6. The molecule has 0 saturated heterocycles. The number of benzene rings is 2. The summed E-state index contributed by atoms with van der Waals surface area (Å²) in [5.41, 5.74) is 5.09. The van der Waals surface area contributed by atoms with Crippen molar-refractivity contribution in [2.45, 2.75) is 12.8 Å². The lowest BCUT2D eigenvalue weighted by molar-refractivity contribution is -0.124. The number of rotatable bonds is 6. The van der Waals surface area contributed by atoms with E-state index in [0.717, 1.165) is 24.2 Å². The second kappa shape index (κ2) is 8.67. The predicted octanol–water partition coefficient (Wildman–Crippen LogP) is 2.79. The smallest absolute Gasteiger partial charge is 0.223 e. The Hall–Kier alpha value is -3.32. The van der Waals surface area contributed by atoms with Crippen LogP contribution in [0.3, 0.4) is 0 Å². The highest BCUT2D eigenvalue weighted by atomic mass is 35.5. The van der Waals surface area contributed by atoms with Crippen LogP contribution in [0, 0.1) is 5.92 Å². The van der Waals surface area contributed by atoms with Gasteiger partial charge in [-0.3, -0.25) is 4.79 Å². The normalized spacial score (nSPS) is 13.3. The number of hydrogen-bond acceptors (Lipinski definition) is 4. The molecule has 2 radical (unpaired) electrons. The molecule has 0 atom stereocenters. The summed E-state index contributed by atoms with van der Waals surface area (Å²) in [5.74, 6) is 0.810. The molecule has 1 aliphatic rings. The van der Waals surface area contributed by atoms with Gasteiger partial charge in [0.2, 0.25) is 5.91 Å². The fourth-order valence-corrected chi connectivity index (χ4v) is 4.41. The third kappa shape index (κ3) is 3.96. The fourth-order valence-electron chi connectivity index (χ4n) is 4.18. The maximum absolute atomic E-state index is 12.6. The average Bonchev–Trinajstić information content (AvgIpc) is 3.41. The molecule has 0 saturated carbocycles. The zero-order chi connectivity index (χ0) is 22.1. The molecule has 4 aromatic rings. The van der Waals surface area contributed by atoms with E-state index in [4.69, 9.17) is 19.4 Å². The van der Waals surface area contributed by atoms with Crippen LogP contribution in [0.5, 0.6) is 0 Å². The first-order valence-electron chi connectivity index (χ1n) is 10.6. The van der Waals surface area contributed by atoms with Crippen LogP contribution in [0.1, 0.15) is 11.1 Å². The quantitative estimate of drug-likeness (QED) is 0.356. The minimum atomic E-state index is -0.00206. The van der Waals surface area contributed by atoms with Crippen molar-refractivity contribution in [1.29, 1.82) is 0 Å². The van der Waals surface area contributed by atoms with Crippen LogP contribution in [0.15, 0.2) is 60.8 Å². The second-order valence-corrected chi connectivity index (χ2v) is 8.34. The van der Waals surface area contributed by atoms with Gasteiger partial charge in [-0.25, -0.2) is 4.98 Å². The van der Waals surface area contributed by atoms with E-state index in [1.807, 2.05) is 42.5 Å². The number of nitrogens with one attached hydrogen (secondary N) is 2. The zero-order valence-corrected chi connectivity index (χ0v) is 18.1. The highest BCUT2D eigenvalue weighted by Crippen LogP contribution is 2.28. The Kier molecular flexibility index (Phi) is 5.58. The SMILES string of the molecule is [B]c1cnn2c(NCCNC(=O)C3Cc4ccccc4C3)cc(-c3ccccc3Cl)nc12. The first kappa shape index (κ1) is 20.6. The van der Waals surface area contributed by atoms with Crippen molar-refractivity contribution >= 4 is 42.3 Å². The Morgan fingerprint density at radius 3 is 2.56 bits per heavy atom. The van der Waals surface area contributed by atoms with Crippen molar-refractivity contribution in [3.05, 3.63) is 76.9 Å². The summed E-state index contributed by atoms with van der Waals surface area (Å²) >= 11 is 6.37. The third-order valence-corrected chi connectivity index (χ3v) is 6.13. The number of carbonyl (C=O) groups excluding carboxylic acids is 1. The molecular weight excluding hydrogens is 421 g/mol. The minimum Gasteiger partial charge on any atom is -0.368 e. The van der Waals surface area contributed by atoms with Gasteiger partial charge < -0.3 is 10.6 Å². The van der Waals surface area contributed by atoms with Crippen LogP contribution < -0.4 is 16.1 Å². The summed E-state index contributed by atoms with van der Waals surface area (Å²) in [4.78, 5) is 17.3. The summed E-state index contributed by atoms with van der Waals surface area (Å²) in [6.45, 7) is 1.03. The monoisotopic (exact) mass is 441 g/mol.